The summed E-state index contributed by atoms with van der Waals surface area (Å²) in [6.07, 6.45) is 6.27. The van der Waals surface area contributed by atoms with E-state index in [1.54, 1.807) is 6.07 Å². The first-order chi connectivity index (χ1) is 22.3. The number of halogens is 3. The molecule has 0 aliphatic carbocycles. The van der Waals surface area contributed by atoms with Gasteiger partial charge in [0.05, 0.1) is 5.56 Å². The zero-order valence-corrected chi connectivity index (χ0v) is 26.8. The quantitative estimate of drug-likeness (QED) is 0.198. The Bertz CT molecular complexity index is 1750. The summed E-state index contributed by atoms with van der Waals surface area (Å²) in [4.78, 5) is 12.0. The number of rotatable bonds is 7. The second-order valence-corrected chi connectivity index (χ2v) is 13.8. The molecule has 3 aromatic carbocycles. The van der Waals surface area contributed by atoms with Crippen LogP contribution < -0.4 is 15.5 Å². The van der Waals surface area contributed by atoms with Crippen LogP contribution in [0.2, 0.25) is 0 Å². The molecule has 0 saturated carbocycles. The molecular weight excluding hydrogens is 587 g/mol. The lowest BCUT2D eigenvalue weighted by atomic mass is 9.72. The Morgan fingerprint density at radius 1 is 1.07 bits per heavy atom. The van der Waals surface area contributed by atoms with Gasteiger partial charge in [-0.2, -0.15) is 0 Å². The van der Waals surface area contributed by atoms with Crippen LogP contribution in [0.5, 0.6) is 5.75 Å². The number of alkyl halides is 1. The molecule has 7 rings (SSSR count). The van der Waals surface area contributed by atoms with Crippen LogP contribution in [0.15, 0.2) is 36.4 Å². The monoisotopic (exact) mass is 631 g/mol. The summed E-state index contributed by atoms with van der Waals surface area (Å²) in [6.45, 7) is 6.72. The van der Waals surface area contributed by atoms with Gasteiger partial charge in [0.25, 0.3) is 0 Å². The van der Waals surface area contributed by atoms with E-state index >= 15 is 8.78 Å². The molecule has 4 aromatic rings. The van der Waals surface area contributed by atoms with Crippen molar-refractivity contribution in [2.45, 2.75) is 89.9 Å². The molecule has 3 N–H and O–H groups in total. The molecule has 0 spiro atoms. The maximum Gasteiger partial charge on any atom is 0.160 e. The number of anilines is 1. The van der Waals surface area contributed by atoms with Crippen LogP contribution in [-0.2, 0) is 12.8 Å². The summed E-state index contributed by atoms with van der Waals surface area (Å²) in [7, 11) is 0. The second kappa shape index (κ2) is 12.6. The highest BCUT2D eigenvalue weighted by Gasteiger charge is 2.36. The van der Waals surface area contributed by atoms with Crippen molar-refractivity contribution in [3.63, 3.8) is 0 Å². The van der Waals surface area contributed by atoms with Crippen molar-refractivity contribution in [1.82, 2.24) is 20.6 Å². The summed E-state index contributed by atoms with van der Waals surface area (Å²) in [5.41, 5.74) is 0.967. The smallest absolute Gasteiger partial charge is 0.160 e. The third-order valence-electron chi connectivity index (χ3n) is 10.8. The van der Waals surface area contributed by atoms with Crippen LogP contribution in [0.4, 0.5) is 19.0 Å². The van der Waals surface area contributed by atoms with Gasteiger partial charge in [0.1, 0.15) is 34.9 Å². The van der Waals surface area contributed by atoms with Crippen molar-refractivity contribution >= 4 is 27.5 Å². The number of nitrogens with one attached hydrogen (secondary N) is 2. The highest BCUT2D eigenvalue weighted by Crippen LogP contribution is 2.43. The minimum absolute atomic E-state index is 0.0551. The maximum atomic E-state index is 17.0. The summed E-state index contributed by atoms with van der Waals surface area (Å²) in [5.74, 6) is -0.445. The van der Waals surface area contributed by atoms with Crippen molar-refractivity contribution in [1.29, 1.82) is 0 Å². The lowest BCUT2D eigenvalue weighted by molar-refractivity contribution is 0.125. The third-order valence-corrected chi connectivity index (χ3v) is 10.8. The topological polar surface area (TPSA) is 73.3 Å². The molecule has 1 aromatic heterocycles. The number of phenolic OH excluding ortho intramolecular Hbond substituents is 1. The van der Waals surface area contributed by atoms with Crippen molar-refractivity contribution in [3.8, 4) is 16.9 Å². The van der Waals surface area contributed by atoms with Gasteiger partial charge in [-0.3, -0.25) is 0 Å². The Morgan fingerprint density at radius 2 is 1.87 bits per heavy atom. The first-order valence-corrected chi connectivity index (χ1v) is 17.1. The zero-order chi connectivity index (χ0) is 32.0. The first kappa shape index (κ1) is 31.2. The number of aromatic hydroxyl groups is 1. The molecule has 3 fully saturated rings. The van der Waals surface area contributed by atoms with Gasteiger partial charge in [-0.1, -0.05) is 38.5 Å². The van der Waals surface area contributed by atoms with Crippen molar-refractivity contribution in [2.75, 3.05) is 31.1 Å². The summed E-state index contributed by atoms with van der Waals surface area (Å²) < 4.78 is 48.2. The van der Waals surface area contributed by atoms with E-state index in [4.69, 9.17) is 9.97 Å². The Morgan fingerprint density at radius 3 is 2.63 bits per heavy atom. The largest absolute Gasteiger partial charge is 0.508 e. The first-order valence-electron chi connectivity index (χ1n) is 17.1. The number of phenols is 1. The maximum absolute atomic E-state index is 17.0. The van der Waals surface area contributed by atoms with Gasteiger partial charge >= 0.3 is 0 Å². The Labute approximate surface area is 268 Å². The predicted molar refractivity (Wildman–Crippen MR) is 178 cm³/mol. The van der Waals surface area contributed by atoms with Gasteiger partial charge < -0.3 is 20.6 Å². The fourth-order valence-corrected chi connectivity index (χ4v) is 8.37. The van der Waals surface area contributed by atoms with E-state index in [9.17, 15) is 9.50 Å². The molecule has 3 aliphatic rings. The van der Waals surface area contributed by atoms with Gasteiger partial charge in [-0.05, 0) is 97.0 Å². The molecule has 4 heterocycles. The molecule has 0 amide bonds. The van der Waals surface area contributed by atoms with Crippen LogP contribution >= 0.6 is 0 Å². The third kappa shape index (κ3) is 5.81. The lowest BCUT2D eigenvalue weighted by Crippen LogP contribution is -2.51. The summed E-state index contributed by atoms with van der Waals surface area (Å²) >= 11 is 0. The minimum Gasteiger partial charge on any atom is -0.508 e. The fraction of sp³-hybridized carbons (Fsp3) is 0.514. The number of nitrogens with zero attached hydrogens (tertiary/aromatic N) is 3. The molecule has 3 saturated heterocycles. The number of benzene rings is 3. The summed E-state index contributed by atoms with van der Waals surface area (Å²) in [6, 6.07) is 10.8. The van der Waals surface area contributed by atoms with Crippen LogP contribution in [0.3, 0.4) is 0 Å². The SMILES string of the molecule is CCc1cccc2cc(O)cc(-c3c(F)cc4c(N5CC6CCC(C5)N6)nc(CC[C@]5(CC)CCCNC[C@H](F)C5)nc4c3F)c12. The summed E-state index contributed by atoms with van der Waals surface area (Å²) in [5, 5.41) is 19.3. The highest BCUT2D eigenvalue weighted by atomic mass is 19.1. The number of hydrogen-bond donors (Lipinski definition) is 3. The van der Waals surface area contributed by atoms with Crippen molar-refractivity contribution in [3.05, 3.63) is 59.4 Å². The van der Waals surface area contributed by atoms with Gasteiger partial charge in [-0.25, -0.2) is 23.1 Å². The van der Waals surface area contributed by atoms with Crippen LogP contribution in [0.1, 0.15) is 70.2 Å². The van der Waals surface area contributed by atoms with E-state index in [1.807, 2.05) is 25.1 Å². The second-order valence-electron chi connectivity index (χ2n) is 13.8. The number of aromatic nitrogens is 2. The molecule has 9 heteroatoms. The van der Waals surface area contributed by atoms with Gasteiger partial charge in [0.2, 0.25) is 0 Å². The van der Waals surface area contributed by atoms with E-state index in [0.717, 1.165) is 55.0 Å². The van der Waals surface area contributed by atoms with Crippen molar-refractivity contribution < 1.29 is 18.3 Å². The van der Waals surface area contributed by atoms with Crippen LogP contribution in [0.25, 0.3) is 32.8 Å². The molecule has 2 unspecified atom stereocenters. The molecule has 2 bridgehead atoms. The molecule has 244 valence electrons. The zero-order valence-electron chi connectivity index (χ0n) is 26.8. The lowest BCUT2D eigenvalue weighted by Gasteiger charge is -2.36. The minimum atomic E-state index is -0.919. The molecule has 0 radical (unpaired) electrons. The van der Waals surface area contributed by atoms with Crippen LogP contribution in [0, 0.1) is 17.0 Å². The van der Waals surface area contributed by atoms with Crippen LogP contribution in [-0.4, -0.2) is 59.5 Å². The van der Waals surface area contributed by atoms with E-state index in [2.05, 4.69) is 22.5 Å². The Kier molecular flexibility index (Phi) is 8.57. The van der Waals surface area contributed by atoms with E-state index in [1.165, 1.54) is 12.1 Å². The Hall–Kier alpha value is -3.43. The number of fused-ring (bicyclic) bond motifs is 4. The molecule has 3 aliphatic heterocycles. The van der Waals surface area contributed by atoms with E-state index in [-0.39, 0.29) is 22.2 Å². The molecule has 46 heavy (non-hydrogen) atoms. The average Bonchev–Trinajstić information content (AvgIpc) is 3.38. The fourth-order valence-electron chi connectivity index (χ4n) is 8.37. The standard InChI is InChI=1S/C37H44F3N5O/c1-3-22-7-5-8-23-15-27(46)16-28(32(22)23)33-30(39)17-29-35(34(33)40)43-31(44-36(29)45-20-25-9-10-26(21-45)42-25)11-13-37(4-2)12-6-14-41-19-24(38)18-37/h5,7-8,15-17,24-26,41-42,46H,3-4,6,9-14,18-21H2,1-2H3/t24-,25?,26?,37+/m1/s1. The molecule has 6 nitrogen and oxygen atoms in total. The Balaban J connectivity index is 1.37. The molecular formula is C37H44F3N5O. The highest BCUT2D eigenvalue weighted by molar-refractivity contribution is 6.03. The van der Waals surface area contributed by atoms with Crippen molar-refractivity contribution in [2.24, 2.45) is 5.41 Å². The molecule has 4 atom stereocenters. The van der Waals surface area contributed by atoms with E-state index < -0.39 is 17.8 Å². The van der Waals surface area contributed by atoms with Gasteiger partial charge in [0, 0.05) is 43.5 Å². The van der Waals surface area contributed by atoms with E-state index in [0.29, 0.717) is 80.0 Å². The van der Waals surface area contributed by atoms with Gasteiger partial charge in [0.15, 0.2) is 5.82 Å². The number of aryl methyl sites for hydroxylation is 2. The normalized spacial score (nSPS) is 25.2. The average molecular weight is 632 g/mol. The van der Waals surface area contributed by atoms with Gasteiger partial charge in [-0.15, -0.1) is 0 Å². The number of piperazine rings is 1. The predicted octanol–water partition coefficient (Wildman–Crippen LogP) is 7.38. The number of hydrogen-bond acceptors (Lipinski definition) is 6.